The molecule has 1 N–H and O–H groups in total. The van der Waals surface area contributed by atoms with Crippen LogP contribution in [0.1, 0.15) is 11.1 Å². The van der Waals surface area contributed by atoms with E-state index in [9.17, 15) is 5.11 Å². The molecule has 1 rings (SSSR count). The first-order valence-corrected chi connectivity index (χ1v) is 3.58. The Morgan fingerprint density at radius 3 is 2.58 bits per heavy atom. The summed E-state index contributed by atoms with van der Waals surface area (Å²) in [6, 6.07) is 3.51. The number of phenols is 1. The summed E-state index contributed by atoms with van der Waals surface area (Å²) >= 11 is 0. The zero-order valence-corrected chi connectivity index (χ0v) is 7.09. The standard InChI is InChI=1S/C10H10O2/c1-4-12-10-8(3)5-7(2)6-9(10)11/h1,5-6,11H,2-3H3. The fraction of sp³-hybridized carbons (Fsp3) is 0.200. The fourth-order valence-electron chi connectivity index (χ4n) is 1.12. The molecule has 0 radical (unpaired) electrons. The lowest BCUT2D eigenvalue weighted by molar-refractivity contribution is 0.422. The Morgan fingerprint density at radius 2 is 2.08 bits per heavy atom. The van der Waals surface area contributed by atoms with Crippen molar-refractivity contribution in [3.63, 3.8) is 0 Å². The van der Waals surface area contributed by atoms with Gasteiger partial charge in [0.15, 0.2) is 11.5 Å². The Morgan fingerprint density at radius 1 is 1.42 bits per heavy atom. The van der Waals surface area contributed by atoms with Gasteiger partial charge in [0, 0.05) is 0 Å². The molecule has 0 saturated carbocycles. The van der Waals surface area contributed by atoms with Gasteiger partial charge in [-0.2, -0.15) is 0 Å². The lowest BCUT2D eigenvalue weighted by atomic mass is 10.1. The first kappa shape index (κ1) is 8.48. The van der Waals surface area contributed by atoms with Crippen molar-refractivity contribution in [2.75, 3.05) is 0 Å². The number of aryl methyl sites for hydroxylation is 2. The van der Waals surface area contributed by atoms with Crippen LogP contribution in [0.2, 0.25) is 0 Å². The smallest absolute Gasteiger partial charge is 0.184 e. The number of aromatic hydroxyl groups is 1. The Kier molecular flexibility index (Phi) is 2.25. The number of rotatable bonds is 1. The van der Waals surface area contributed by atoms with Crippen molar-refractivity contribution < 1.29 is 9.84 Å². The number of benzene rings is 1. The molecule has 0 fully saturated rings. The van der Waals surface area contributed by atoms with Gasteiger partial charge in [-0.05, 0) is 31.0 Å². The van der Waals surface area contributed by atoms with Crippen molar-refractivity contribution in [2.45, 2.75) is 13.8 Å². The van der Waals surface area contributed by atoms with E-state index in [-0.39, 0.29) is 5.75 Å². The van der Waals surface area contributed by atoms with Crippen molar-refractivity contribution >= 4 is 0 Å². The minimum absolute atomic E-state index is 0.0884. The van der Waals surface area contributed by atoms with E-state index in [1.807, 2.05) is 26.0 Å². The molecule has 12 heavy (non-hydrogen) atoms. The molecule has 62 valence electrons. The number of terminal acetylenes is 1. The van der Waals surface area contributed by atoms with Gasteiger partial charge in [-0.1, -0.05) is 12.5 Å². The van der Waals surface area contributed by atoms with Crippen LogP contribution in [0.5, 0.6) is 11.5 Å². The van der Waals surface area contributed by atoms with Crippen LogP contribution < -0.4 is 4.74 Å². The quantitative estimate of drug-likeness (QED) is 0.640. The summed E-state index contributed by atoms with van der Waals surface area (Å²) in [5, 5.41) is 9.38. The predicted octanol–water partition coefficient (Wildman–Crippen LogP) is 1.98. The van der Waals surface area contributed by atoms with Crippen LogP contribution in [-0.2, 0) is 0 Å². The Labute approximate surface area is 71.8 Å². The number of hydrogen-bond donors (Lipinski definition) is 1. The maximum absolute atomic E-state index is 9.38. The SMILES string of the molecule is C#COc1c(C)cc(C)cc1O. The maximum atomic E-state index is 9.38. The minimum Gasteiger partial charge on any atom is -0.504 e. The number of phenolic OH excluding ortho intramolecular Hbond substituents is 1. The molecular formula is C10H10O2. The molecule has 2 heteroatoms. The van der Waals surface area contributed by atoms with E-state index >= 15 is 0 Å². The van der Waals surface area contributed by atoms with Gasteiger partial charge in [-0.15, -0.1) is 0 Å². The molecule has 0 aliphatic rings. The molecular weight excluding hydrogens is 152 g/mol. The molecule has 0 aromatic heterocycles. The molecule has 0 atom stereocenters. The highest BCUT2D eigenvalue weighted by Gasteiger charge is 2.05. The minimum atomic E-state index is 0.0884. The van der Waals surface area contributed by atoms with Crippen LogP contribution >= 0.6 is 0 Å². The van der Waals surface area contributed by atoms with Crippen molar-refractivity contribution in [1.82, 2.24) is 0 Å². The maximum Gasteiger partial charge on any atom is 0.184 e. The molecule has 0 aliphatic heterocycles. The van der Waals surface area contributed by atoms with E-state index in [4.69, 9.17) is 11.2 Å². The van der Waals surface area contributed by atoms with Gasteiger partial charge in [0.2, 0.25) is 0 Å². The lowest BCUT2D eigenvalue weighted by Gasteiger charge is -2.05. The molecule has 2 nitrogen and oxygen atoms in total. The first-order valence-electron chi connectivity index (χ1n) is 3.58. The van der Waals surface area contributed by atoms with E-state index < -0.39 is 0 Å². The topological polar surface area (TPSA) is 29.5 Å². The average Bonchev–Trinajstić information content (AvgIpc) is 1.96. The van der Waals surface area contributed by atoms with Crippen LogP contribution in [0.15, 0.2) is 12.1 Å². The van der Waals surface area contributed by atoms with Crippen LogP contribution in [0.4, 0.5) is 0 Å². The second-order valence-electron chi connectivity index (χ2n) is 2.65. The van der Waals surface area contributed by atoms with Crippen LogP contribution in [0.25, 0.3) is 0 Å². The van der Waals surface area contributed by atoms with Gasteiger partial charge in [0.1, 0.15) is 6.11 Å². The first-order chi connectivity index (χ1) is 5.65. The molecule has 0 heterocycles. The Balaban J connectivity index is 3.21. The summed E-state index contributed by atoms with van der Waals surface area (Å²) in [5.41, 5.74) is 1.82. The van der Waals surface area contributed by atoms with Crippen LogP contribution in [0.3, 0.4) is 0 Å². The van der Waals surface area contributed by atoms with Crippen molar-refractivity contribution in [3.05, 3.63) is 23.3 Å². The zero-order chi connectivity index (χ0) is 9.14. The van der Waals surface area contributed by atoms with Crippen molar-refractivity contribution in [1.29, 1.82) is 0 Å². The van der Waals surface area contributed by atoms with E-state index in [1.165, 1.54) is 0 Å². The Bertz CT molecular complexity index is 311. The van der Waals surface area contributed by atoms with Gasteiger partial charge in [0.25, 0.3) is 0 Å². The monoisotopic (exact) mass is 162 g/mol. The summed E-state index contributed by atoms with van der Waals surface area (Å²) in [4.78, 5) is 0. The third-order valence-corrected chi connectivity index (χ3v) is 1.56. The van der Waals surface area contributed by atoms with Gasteiger partial charge in [0.05, 0.1) is 0 Å². The van der Waals surface area contributed by atoms with E-state index in [2.05, 4.69) is 0 Å². The predicted molar refractivity (Wildman–Crippen MR) is 47.0 cm³/mol. The largest absolute Gasteiger partial charge is 0.504 e. The van der Waals surface area contributed by atoms with E-state index in [0.29, 0.717) is 5.75 Å². The summed E-state index contributed by atoms with van der Waals surface area (Å²) in [5.74, 6) is 0.452. The normalized spacial score (nSPS) is 9.08. The summed E-state index contributed by atoms with van der Waals surface area (Å²) in [6.45, 7) is 3.73. The molecule has 1 aromatic carbocycles. The fourth-order valence-corrected chi connectivity index (χ4v) is 1.12. The molecule has 0 amide bonds. The van der Waals surface area contributed by atoms with Crippen molar-refractivity contribution in [3.8, 4) is 24.0 Å². The molecule has 0 spiro atoms. The number of hydrogen-bond acceptors (Lipinski definition) is 2. The molecule has 0 bridgehead atoms. The van der Waals surface area contributed by atoms with E-state index in [0.717, 1.165) is 11.1 Å². The van der Waals surface area contributed by atoms with Crippen LogP contribution in [-0.4, -0.2) is 5.11 Å². The molecule has 1 aromatic rings. The highest BCUT2D eigenvalue weighted by Crippen LogP contribution is 2.30. The summed E-state index contributed by atoms with van der Waals surface area (Å²) < 4.78 is 4.80. The highest BCUT2D eigenvalue weighted by molar-refractivity contribution is 5.48. The molecule has 0 unspecified atom stereocenters. The van der Waals surface area contributed by atoms with Gasteiger partial charge < -0.3 is 9.84 Å². The highest BCUT2D eigenvalue weighted by atomic mass is 16.5. The van der Waals surface area contributed by atoms with Crippen molar-refractivity contribution in [2.24, 2.45) is 0 Å². The van der Waals surface area contributed by atoms with E-state index in [1.54, 1.807) is 6.07 Å². The second-order valence-corrected chi connectivity index (χ2v) is 2.65. The van der Waals surface area contributed by atoms with Gasteiger partial charge in [-0.3, -0.25) is 0 Å². The van der Waals surface area contributed by atoms with Crippen LogP contribution in [0, 0.1) is 26.4 Å². The molecule has 0 saturated heterocycles. The summed E-state index contributed by atoms with van der Waals surface area (Å²) in [7, 11) is 0. The number of ether oxygens (including phenoxy) is 1. The second kappa shape index (κ2) is 3.19. The third kappa shape index (κ3) is 1.51. The zero-order valence-electron chi connectivity index (χ0n) is 7.09. The third-order valence-electron chi connectivity index (χ3n) is 1.56. The lowest BCUT2D eigenvalue weighted by Crippen LogP contribution is -1.88. The molecule has 0 aliphatic carbocycles. The van der Waals surface area contributed by atoms with Gasteiger partial charge in [-0.25, -0.2) is 0 Å². The van der Waals surface area contributed by atoms with Gasteiger partial charge >= 0.3 is 0 Å². The average molecular weight is 162 g/mol. The Hall–Kier alpha value is -1.62. The summed E-state index contributed by atoms with van der Waals surface area (Å²) in [6.07, 6.45) is 6.98.